The van der Waals surface area contributed by atoms with E-state index in [2.05, 4.69) is 21.7 Å². The molecule has 1 saturated heterocycles. The van der Waals surface area contributed by atoms with E-state index in [9.17, 15) is 0 Å². The zero-order valence-electron chi connectivity index (χ0n) is 7.84. The molecule has 1 aliphatic rings. The quantitative estimate of drug-likeness (QED) is 0.657. The summed E-state index contributed by atoms with van der Waals surface area (Å²) in [4.78, 5) is 3.04. The third-order valence-corrected chi connectivity index (χ3v) is 2.59. The Bertz CT molecular complexity index is 224. The molecule has 1 fully saturated rings. The molecule has 3 N–H and O–H groups in total. The first-order valence-corrected chi connectivity index (χ1v) is 5.02. The highest BCUT2D eigenvalue weighted by molar-refractivity contribution is 5.40. The molecule has 1 aromatic rings. The first kappa shape index (κ1) is 8.63. The summed E-state index contributed by atoms with van der Waals surface area (Å²) in [5.74, 6) is 0.795. The summed E-state index contributed by atoms with van der Waals surface area (Å²) in [5.41, 5.74) is 1.20. The van der Waals surface area contributed by atoms with Crippen LogP contribution in [-0.4, -0.2) is 24.6 Å². The van der Waals surface area contributed by atoms with Crippen LogP contribution in [0.2, 0.25) is 0 Å². The molecule has 0 aliphatic carbocycles. The Kier molecular flexibility index (Phi) is 2.87. The van der Waals surface area contributed by atoms with Crippen LogP contribution in [0.4, 0.5) is 5.69 Å². The van der Waals surface area contributed by atoms with Crippen LogP contribution < -0.4 is 10.6 Å². The molecule has 72 valence electrons. The van der Waals surface area contributed by atoms with Crippen molar-refractivity contribution in [2.24, 2.45) is 5.92 Å². The van der Waals surface area contributed by atoms with E-state index in [4.69, 9.17) is 0 Å². The predicted octanol–water partition coefficient (Wildman–Crippen LogP) is 1.43. The molecule has 0 bridgehead atoms. The van der Waals surface area contributed by atoms with Crippen molar-refractivity contribution < 1.29 is 0 Å². The minimum absolute atomic E-state index is 0.795. The molecule has 2 heterocycles. The van der Waals surface area contributed by atoms with Crippen molar-refractivity contribution in [1.29, 1.82) is 0 Å². The number of H-pyrrole nitrogens is 1. The van der Waals surface area contributed by atoms with E-state index in [1.807, 2.05) is 12.4 Å². The number of aromatic nitrogens is 1. The van der Waals surface area contributed by atoms with Gasteiger partial charge in [-0.15, -0.1) is 0 Å². The zero-order chi connectivity index (χ0) is 8.93. The molecule has 2 rings (SSSR count). The summed E-state index contributed by atoms with van der Waals surface area (Å²) in [6, 6.07) is 2.07. The van der Waals surface area contributed by atoms with Gasteiger partial charge in [-0.25, -0.2) is 0 Å². The maximum Gasteiger partial charge on any atom is 0.0517 e. The molecule has 0 aromatic carbocycles. The minimum Gasteiger partial charge on any atom is -0.383 e. The third-order valence-electron chi connectivity index (χ3n) is 2.59. The number of nitrogens with one attached hydrogen (secondary N) is 3. The van der Waals surface area contributed by atoms with Crippen LogP contribution in [-0.2, 0) is 0 Å². The van der Waals surface area contributed by atoms with E-state index in [-0.39, 0.29) is 0 Å². The lowest BCUT2D eigenvalue weighted by Crippen LogP contribution is -2.33. The second-order valence-corrected chi connectivity index (χ2v) is 3.69. The van der Waals surface area contributed by atoms with Crippen molar-refractivity contribution in [2.45, 2.75) is 12.8 Å². The number of aromatic amines is 1. The summed E-state index contributed by atoms with van der Waals surface area (Å²) >= 11 is 0. The van der Waals surface area contributed by atoms with Gasteiger partial charge in [0.05, 0.1) is 5.69 Å². The van der Waals surface area contributed by atoms with Gasteiger partial charge < -0.3 is 15.6 Å². The van der Waals surface area contributed by atoms with E-state index < -0.39 is 0 Å². The molecule has 1 aromatic heterocycles. The van der Waals surface area contributed by atoms with E-state index in [0.717, 1.165) is 19.0 Å². The Morgan fingerprint density at radius 3 is 3.23 bits per heavy atom. The second-order valence-electron chi connectivity index (χ2n) is 3.69. The van der Waals surface area contributed by atoms with E-state index >= 15 is 0 Å². The van der Waals surface area contributed by atoms with Crippen molar-refractivity contribution in [3.05, 3.63) is 18.5 Å². The number of piperidine rings is 1. The fourth-order valence-corrected chi connectivity index (χ4v) is 1.79. The number of hydrogen-bond donors (Lipinski definition) is 3. The molecule has 3 heteroatoms. The van der Waals surface area contributed by atoms with Crippen molar-refractivity contribution >= 4 is 5.69 Å². The maximum absolute atomic E-state index is 3.42. The van der Waals surface area contributed by atoms with Gasteiger partial charge in [0, 0.05) is 18.9 Å². The molecule has 1 unspecified atom stereocenters. The molecule has 0 radical (unpaired) electrons. The van der Waals surface area contributed by atoms with Gasteiger partial charge in [-0.3, -0.25) is 0 Å². The highest BCUT2D eigenvalue weighted by atomic mass is 14.9. The summed E-state index contributed by atoms with van der Waals surface area (Å²) in [7, 11) is 0. The first-order valence-electron chi connectivity index (χ1n) is 5.02. The van der Waals surface area contributed by atoms with Crippen molar-refractivity contribution in [1.82, 2.24) is 10.3 Å². The standard InChI is InChI=1S/C10H17N3/c1-2-9(6-11-4-1)7-13-10-3-5-12-8-10/h3,5,8-9,11-13H,1-2,4,6-7H2. The van der Waals surface area contributed by atoms with Crippen LogP contribution in [0, 0.1) is 5.92 Å². The lowest BCUT2D eigenvalue weighted by Gasteiger charge is -2.22. The lowest BCUT2D eigenvalue weighted by molar-refractivity contribution is 0.393. The SMILES string of the molecule is c1cc(NCC2CCCNC2)c[nH]1. The van der Waals surface area contributed by atoms with E-state index in [1.54, 1.807) is 0 Å². The molecule has 0 spiro atoms. The second kappa shape index (κ2) is 4.33. The summed E-state index contributed by atoms with van der Waals surface area (Å²) in [5, 5.41) is 6.84. The van der Waals surface area contributed by atoms with Gasteiger partial charge in [0.1, 0.15) is 0 Å². The van der Waals surface area contributed by atoms with Crippen LogP contribution in [0.25, 0.3) is 0 Å². The number of hydrogen-bond acceptors (Lipinski definition) is 2. The molecule has 1 aliphatic heterocycles. The van der Waals surface area contributed by atoms with Gasteiger partial charge in [-0.1, -0.05) is 0 Å². The Morgan fingerprint density at radius 2 is 2.54 bits per heavy atom. The average Bonchev–Trinajstić information content (AvgIpc) is 2.69. The van der Waals surface area contributed by atoms with Crippen molar-refractivity contribution in [3.8, 4) is 0 Å². The summed E-state index contributed by atoms with van der Waals surface area (Å²) in [6.07, 6.45) is 6.61. The van der Waals surface area contributed by atoms with Gasteiger partial charge >= 0.3 is 0 Å². The van der Waals surface area contributed by atoms with Crippen LogP contribution in [0.3, 0.4) is 0 Å². The highest BCUT2D eigenvalue weighted by Crippen LogP contribution is 2.11. The predicted molar refractivity (Wildman–Crippen MR) is 54.9 cm³/mol. The zero-order valence-corrected chi connectivity index (χ0v) is 7.84. The molecule has 1 atom stereocenters. The number of anilines is 1. The van der Waals surface area contributed by atoms with Crippen molar-refractivity contribution in [2.75, 3.05) is 25.0 Å². The third kappa shape index (κ3) is 2.49. The Balaban J connectivity index is 1.72. The molecule has 3 nitrogen and oxygen atoms in total. The maximum atomic E-state index is 3.42. The van der Waals surface area contributed by atoms with Gasteiger partial charge in [0.2, 0.25) is 0 Å². The molecule has 13 heavy (non-hydrogen) atoms. The highest BCUT2D eigenvalue weighted by Gasteiger charge is 2.11. The Hall–Kier alpha value is -0.960. The van der Waals surface area contributed by atoms with Crippen LogP contribution in [0.5, 0.6) is 0 Å². The largest absolute Gasteiger partial charge is 0.383 e. The average molecular weight is 179 g/mol. The Labute approximate surface area is 78.9 Å². The molecular weight excluding hydrogens is 162 g/mol. The molecule has 0 amide bonds. The Morgan fingerprint density at radius 1 is 1.54 bits per heavy atom. The summed E-state index contributed by atoms with van der Waals surface area (Å²) < 4.78 is 0. The summed E-state index contributed by atoms with van der Waals surface area (Å²) in [6.45, 7) is 3.45. The topological polar surface area (TPSA) is 39.8 Å². The van der Waals surface area contributed by atoms with Gasteiger partial charge in [-0.05, 0) is 37.9 Å². The first-order chi connectivity index (χ1) is 6.45. The number of rotatable bonds is 3. The van der Waals surface area contributed by atoms with Crippen molar-refractivity contribution in [3.63, 3.8) is 0 Å². The molecular formula is C10H17N3. The smallest absolute Gasteiger partial charge is 0.0517 e. The van der Waals surface area contributed by atoms with Crippen LogP contribution in [0.1, 0.15) is 12.8 Å². The lowest BCUT2D eigenvalue weighted by atomic mass is 10.00. The fraction of sp³-hybridized carbons (Fsp3) is 0.600. The van der Waals surface area contributed by atoms with E-state index in [1.165, 1.54) is 25.1 Å². The van der Waals surface area contributed by atoms with Gasteiger partial charge in [0.15, 0.2) is 0 Å². The monoisotopic (exact) mass is 179 g/mol. The van der Waals surface area contributed by atoms with Crippen LogP contribution >= 0.6 is 0 Å². The molecule has 0 saturated carbocycles. The van der Waals surface area contributed by atoms with Gasteiger partial charge in [0.25, 0.3) is 0 Å². The minimum atomic E-state index is 0.795. The fourth-order valence-electron chi connectivity index (χ4n) is 1.79. The normalized spacial score (nSPS) is 22.9. The van der Waals surface area contributed by atoms with Gasteiger partial charge in [-0.2, -0.15) is 0 Å². The van der Waals surface area contributed by atoms with E-state index in [0.29, 0.717) is 0 Å². The van der Waals surface area contributed by atoms with Crippen LogP contribution in [0.15, 0.2) is 18.5 Å².